The SMILES string of the molecule is CC1(C)[C@H]2C[C@@H]1[C@]1(C)OBO[C@]1(C)C2. The van der Waals surface area contributed by atoms with Crippen LogP contribution in [0, 0.1) is 17.3 Å². The molecule has 1 aliphatic heterocycles. The van der Waals surface area contributed by atoms with E-state index in [2.05, 4.69) is 27.7 Å². The summed E-state index contributed by atoms with van der Waals surface area (Å²) in [6.07, 6.45) is 2.51. The van der Waals surface area contributed by atoms with Crippen LogP contribution in [-0.2, 0) is 9.31 Å². The van der Waals surface area contributed by atoms with Crippen LogP contribution >= 0.6 is 0 Å². The van der Waals surface area contributed by atoms with Crippen molar-refractivity contribution >= 4 is 7.69 Å². The lowest BCUT2D eigenvalue weighted by atomic mass is 9.41. The lowest BCUT2D eigenvalue weighted by Gasteiger charge is -2.67. The van der Waals surface area contributed by atoms with Gasteiger partial charge in [-0.1, -0.05) is 13.8 Å². The van der Waals surface area contributed by atoms with Gasteiger partial charge in [0, 0.05) is 0 Å². The van der Waals surface area contributed by atoms with Gasteiger partial charge in [-0.15, -0.1) is 0 Å². The Morgan fingerprint density at radius 1 is 1.14 bits per heavy atom. The van der Waals surface area contributed by atoms with Gasteiger partial charge >= 0.3 is 7.69 Å². The highest BCUT2D eigenvalue weighted by molar-refractivity contribution is 6.19. The first-order valence-corrected chi connectivity index (χ1v) is 5.68. The van der Waals surface area contributed by atoms with Crippen LogP contribution in [0.5, 0.6) is 0 Å². The Hall–Kier alpha value is -0.0151. The minimum atomic E-state index is -0.0365. The van der Waals surface area contributed by atoms with E-state index in [1.54, 1.807) is 0 Å². The summed E-state index contributed by atoms with van der Waals surface area (Å²) < 4.78 is 11.7. The lowest BCUT2D eigenvalue weighted by Crippen LogP contribution is -2.70. The molecule has 0 radical (unpaired) electrons. The van der Waals surface area contributed by atoms with Crippen molar-refractivity contribution in [3.63, 3.8) is 0 Å². The largest absolute Gasteiger partial charge is 0.439 e. The van der Waals surface area contributed by atoms with Crippen molar-refractivity contribution in [1.29, 1.82) is 0 Å². The summed E-state index contributed by atoms with van der Waals surface area (Å²) >= 11 is 0. The first-order valence-electron chi connectivity index (χ1n) is 5.68. The van der Waals surface area contributed by atoms with Gasteiger partial charge in [0.15, 0.2) is 0 Å². The molecule has 0 amide bonds. The second kappa shape index (κ2) is 2.22. The van der Waals surface area contributed by atoms with Gasteiger partial charge in [0.1, 0.15) is 0 Å². The van der Waals surface area contributed by atoms with E-state index < -0.39 is 0 Å². The Bertz CT molecular complexity index is 291. The van der Waals surface area contributed by atoms with E-state index in [-0.39, 0.29) is 11.2 Å². The molecule has 3 aliphatic carbocycles. The fraction of sp³-hybridized carbons (Fsp3) is 1.00. The van der Waals surface area contributed by atoms with Crippen molar-refractivity contribution < 1.29 is 9.31 Å². The Labute approximate surface area is 86.7 Å². The summed E-state index contributed by atoms with van der Waals surface area (Å²) in [6, 6.07) is 0. The standard InChI is InChI=1S/C11H19BO2/c1-9(2)7-5-8(9)11(4)10(3,6-7)13-12-14-11/h7-8,12H,5-6H2,1-4H3/t7-,8-,10+,11-/m0/s1. The monoisotopic (exact) mass is 194 g/mol. The molecule has 0 aromatic rings. The molecule has 14 heavy (non-hydrogen) atoms. The van der Waals surface area contributed by atoms with Gasteiger partial charge in [0.2, 0.25) is 0 Å². The molecule has 2 bridgehead atoms. The predicted molar refractivity (Wildman–Crippen MR) is 56.1 cm³/mol. The summed E-state index contributed by atoms with van der Waals surface area (Å²) in [5.74, 6) is 1.52. The van der Waals surface area contributed by atoms with Gasteiger partial charge in [0.05, 0.1) is 11.2 Å². The topological polar surface area (TPSA) is 18.5 Å². The Morgan fingerprint density at radius 2 is 1.86 bits per heavy atom. The van der Waals surface area contributed by atoms with E-state index in [9.17, 15) is 0 Å². The van der Waals surface area contributed by atoms with E-state index in [4.69, 9.17) is 9.31 Å². The molecule has 0 aromatic carbocycles. The average Bonchev–Trinajstić information content (AvgIpc) is 2.40. The first-order chi connectivity index (χ1) is 6.40. The summed E-state index contributed by atoms with van der Waals surface area (Å²) in [6.45, 7) is 9.26. The first kappa shape index (κ1) is 9.23. The van der Waals surface area contributed by atoms with Gasteiger partial charge < -0.3 is 9.31 Å². The van der Waals surface area contributed by atoms with Gasteiger partial charge in [0.25, 0.3) is 0 Å². The highest BCUT2D eigenvalue weighted by atomic mass is 16.7. The maximum Gasteiger partial charge on any atom is 0.439 e. The summed E-state index contributed by atoms with van der Waals surface area (Å²) in [5, 5.41) is 0. The Kier molecular flexibility index (Phi) is 1.46. The minimum Gasteiger partial charge on any atom is -0.406 e. The average molecular weight is 194 g/mol. The zero-order valence-electron chi connectivity index (χ0n) is 9.59. The van der Waals surface area contributed by atoms with Crippen LogP contribution in [0.4, 0.5) is 0 Å². The van der Waals surface area contributed by atoms with Gasteiger partial charge in [-0.25, -0.2) is 0 Å². The zero-order valence-corrected chi connectivity index (χ0v) is 9.59. The van der Waals surface area contributed by atoms with Crippen molar-refractivity contribution in [2.75, 3.05) is 0 Å². The molecule has 0 aromatic heterocycles. The summed E-state index contributed by atoms with van der Waals surface area (Å²) in [4.78, 5) is 0. The lowest BCUT2D eigenvalue weighted by molar-refractivity contribution is -0.234. The van der Waals surface area contributed by atoms with E-state index in [0.717, 1.165) is 5.92 Å². The number of hydrogen-bond acceptors (Lipinski definition) is 2. The molecule has 4 fully saturated rings. The Morgan fingerprint density at radius 3 is 2.50 bits per heavy atom. The molecule has 1 saturated heterocycles. The molecule has 3 saturated carbocycles. The molecule has 0 unspecified atom stereocenters. The molecule has 0 N–H and O–H groups in total. The molecule has 4 rings (SSSR count). The summed E-state index contributed by atoms with van der Waals surface area (Å²) in [5.41, 5.74) is 0.406. The van der Waals surface area contributed by atoms with Crippen molar-refractivity contribution in [3.8, 4) is 0 Å². The molecule has 78 valence electrons. The van der Waals surface area contributed by atoms with Crippen LogP contribution in [0.3, 0.4) is 0 Å². The second-order valence-electron chi connectivity index (χ2n) is 6.26. The number of hydrogen-bond donors (Lipinski definition) is 0. The van der Waals surface area contributed by atoms with Crippen LogP contribution in [0.15, 0.2) is 0 Å². The van der Waals surface area contributed by atoms with E-state index in [0.29, 0.717) is 19.0 Å². The summed E-state index contributed by atoms with van der Waals surface area (Å²) in [7, 11) is 0.492. The molecule has 4 atom stereocenters. The third-order valence-electron chi connectivity index (χ3n) is 5.56. The van der Waals surface area contributed by atoms with Crippen molar-refractivity contribution in [2.24, 2.45) is 17.3 Å². The molecular weight excluding hydrogens is 175 g/mol. The fourth-order valence-electron chi connectivity index (χ4n) is 4.08. The molecular formula is C11H19BO2. The van der Waals surface area contributed by atoms with Gasteiger partial charge in [-0.3, -0.25) is 0 Å². The van der Waals surface area contributed by atoms with Crippen LogP contribution in [-0.4, -0.2) is 18.9 Å². The highest BCUT2D eigenvalue weighted by Gasteiger charge is 2.70. The third-order valence-corrected chi connectivity index (χ3v) is 5.56. The smallest absolute Gasteiger partial charge is 0.406 e. The molecule has 2 nitrogen and oxygen atoms in total. The predicted octanol–water partition coefficient (Wildman–Crippen LogP) is 1.88. The van der Waals surface area contributed by atoms with Gasteiger partial charge in [-0.2, -0.15) is 0 Å². The zero-order chi connectivity index (χ0) is 10.2. The van der Waals surface area contributed by atoms with Gasteiger partial charge in [-0.05, 0) is 43.9 Å². The minimum absolute atomic E-state index is 0.0178. The normalized spacial score (nSPS) is 58.6. The quantitative estimate of drug-likeness (QED) is 0.548. The van der Waals surface area contributed by atoms with Crippen LogP contribution < -0.4 is 0 Å². The van der Waals surface area contributed by atoms with Crippen molar-refractivity contribution in [1.82, 2.24) is 0 Å². The van der Waals surface area contributed by atoms with E-state index >= 15 is 0 Å². The van der Waals surface area contributed by atoms with Crippen LogP contribution in [0.25, 0.3) is 0 Å². The second-order valence-corrected chi connectivity index (χ2v) is 6.26. The Balaban J connectivity index is 2.03. The maximum absolute atomic E-state index is 5.91. The van der Waals surface area contributed by atoms with Crippen molar-refractivity contribution in [3.05, 3.63) is 0 Å². The molecule has 1 heterocycles. The fourth-order valence-corrected chi connectivity index (χ4v) is 4.08. The highest BCUT2D eigenvalue weighted by Crippen LogP contribution is 2.68. The molecule has 4 aliphatic rings. The third kappa shape index (κ3) is 0.748. The molecule has 0 spiro atoms. The van der Waals surface area contributed by atoms with Crippen LogP contribution in [0.1, 0.15) is 40.5 Å². The molecule has 3 heteroatoms. The van der Waals surface area contributed by atoms with Crippen molar-refractivity contribution in [2.45, 2.75) is 51.7 Å². The van der Waals surface area contributed by atoms with Crippen LogP contribution in [0.2, 0.25) is 0 Å². The maximum atomic E-state index is 5.91. The number of rotatable bonds is 0. The van der Waals surface area contributed by atoms with E-state index in [1.807, 2.05) is 0 Å². The van der Waals surface area contributed by atoms with E-state index in [1.165, 1.54) is 12.8 Å².